The fraction of sp³-hybridized carbons (Fsp3) is 0.143. The molecule has 0 saturated carbocycles. The number of carbonyl (C=O) groups is 1. The number of nitrogens with zero attached hydrogens (tertiary/aromatic N) is 3. The zero-order valence-electron chi connectivity index (χ0n) is 16.4. The second-order valence-electron chi connectivity index (χ2n) is 6.47. The van der Waals surface area contributed by atoms with Gasteiger partial charge in [-0.25, -0.2) is 14.2 Å². The zero-order valence-corrected chi connectivity index (χ0v) is 18.8. The van der Waals surface area contributed by atoms with Crippen molar-refractivity contribution in [3.05, 3.63) is 74.1 Å². The number of aromatic nitrogens is 3. The van der Waals surface area contributed by atoms with Gasteiger partial charge in [0.15, 0.2) is 5.16 Å². The van der Waals surface area contributed by atoms with E-state index in [9.17, 15) is 14.0 Å². The van der Waals surface area contributed by atoms with Crippen LogP contribution in [0.1, 0.15) is 15.9 Å². The summed E-state index contributed by atoms with van der Waals surface area (Å²) >= 11 is 8.72. The second kappa shape index (κ2) is 8.78. The van der Waals surface area contributed by atoms with Crippen LogP contribution in [-0.4, -0.2) is 27.6 Å². The number of methoxy groups -OCH3 is 1. The lowest BCUT2D eigenvalue weighted by Gasteiger charge is -2.13. The number of aryl methyl sites for hydroxylation is 1. The summed E-state index contributed by atoms with van der Waals surface area (Å²) in [6.45, 7) is 0. The molecular weight excluding hydrogens is 461 g/mol. The first-order valence-electron chi connectivity index (χ1n) is 9.00. The molecule has 4 rings (SSSR count). The SMILES string of the molecule is COC(=O)c1cc(-c2cccs2)nc2c1c(=O)nc(SCc1c(F)cccc1Cl)n2C. The molecular formula is C21H15ClFN3O3S2. The fourth-order valence-electron chi connectivity index (χ4n) is 3.05. The van der Waals surface area contributed by atoms with E-state index in [0.717, 1.165) is 16.6 Å². The van der Waals surface area contributed by atoms with Crippen LogP contribution in [0.4, 0.5) is 4.39 Å². The molecule has 0 unspecified atom stereocenters. The predicted molar refractivity (Wildman–Crippen MR) is 120 cm³/mol. The van der Waals surface area contributed by atoms with Crippen LogP contribution in [0.5, 0.6) is 0 Å². The lowest BCUT2D eigenvalue weighted by atomic mass is 10.1. The molecule has 3 heterocycles. The first kappa shape index (κ1) is 21.5. The Morgan fingerprint density at radius 1 is 1.29 bits per heavy atom. The van der Waals surface area contributed by atoms with Crippen LogP contribution in [0.3, 0.4) is 0 Å². The average molecular weight is 476 g/mol. The monoisotopic (exact) mass is 475 g/mol. The Morgan fingerprint density at radius 3 is 2.77 bits per heavy atom. The summed E-state index contributed by atoms with van der Waals surface area (Å²) in [5.74, 6) is -0.911. The number of thiophene rings is 1. The van der Waals surface area contributed by atoms with Crippen molar-refractivity contribution in [1.29, 1.82) is 0 Å². The lowest BCUT2D eigenvalue weighted by Crippen LogP contribution is -2.19. The van der Waals surface area contributed by atoms with Crippen molar-refractivity contribution in [2.45, 2.75) is 10.9 Å². The van der Waals surface area contributed by atoms with E-state index >= 15 is 0 Å². The number of ether oxygens (including phenoxy) is 1. The van der Waals surface area contributed by atoms with Gasteiger partial charge in [-0.15, -0.1) is 11.3 Å². The van der Waals surface area contributed by atoms with E-state index in [4.69, 9.17) is 16.3 Å². The number of thioether (sulfide) groups is 1. The molecule has 0 aliphatic heterocycles. The highest BCUT2D eigenvalue weighted by molar-refractivity contribution is 7.98. The highest BCUT2D eigenvalue weighted by atomic mass is 35.5. The van der Waals surface area contributed by atoms with E-state index in [2.05, 4.69) is 9.97 Å². The highest BCUT2D eigenvalue weighted by Crippen LogP contribution is 2.30. The molecule has 0 saturated heterocycles. The molecule has 0 atom stereocenters. The Morgan fingerprint density at radius 2 is 2.10 bits per heavy atom. The molecule has 0 bridgehead atoms. The minimum Gasteiger partial charge on any atom is -0.465 e. The minimum absolute atomic E-state index is 0.0722. The predicted octanol–water partition coefficient (Wildman–Crippen LogP) is 4.93. The Bertz CT molecular complexity index is 1340. The third-order valence-corrected chi connectivity index (χ3v) is 6.91. The van der Waals surface area contributed by atoms with Gasteiger partial charge in [0.1, 0.15) is 11.5 Å². The van der Waals surface area contributed by atoms with E-state index in [1.54, 1.807) is 17.7 Å². The van der Waals surface area contributed by atoms with Gasteiger partial charge in [0.25, 0.3) is 5.56 Å². The number of hydrogen-bond acceptors (Lipinski definition) is 7. The Kier molecular flexibility index (Phi) is 6.08. The molecule has 0 aliphatic rings. The van der Waals surface area contributed by atoms with Crippen LogP contribution in [0.15, 0.2) is 51.7 Å². The van der Waals surface area contributed by atoms with E-state index in [-0.39, 0.29) is 22.3 Å². The van der Waals surface area contributed by atoms with Crippen LogP contribution in [0.2, 0.25) is 5.02 Å². The summed E-state index contributed by atoms with van der Waals surface area (Å²) in [4.78, 5) is 34.8. The maximum atomic E-state index is 14.1. The number of rotatable bonds is 5. The first-order valence-corrected chi connectivity index (χ1v) is 11.2. The van der Waals surface area contributed by atoms with E-state index in [1.807, 2.05) is 17.5 Å². The van der Waals surface area contributed by atoms with Gasteiger partial charge >= 0.3 is 5.97 Å². The maximum absolute atomic E-state index is 14.1. The Balaban J connectivity index is 1.87. The van der Waals surface area contributed by atoms with Crippen molar-refractivity contribution in [2.75, 3.05) is 7.11 Å². The summed E-state index contributed by atoms with van der Waals surface area (Å²) in [6.07, 6.45) is 0. The van der Waals surface area contributed by atoms with Crippen LogP contribution >= 0.6 is 34.7 Å². The smallest absolute Gasteiger partial charge is 0.338 e. The maximum Gasteiger partial charge on any atom is 0.338 e. The number of halogens is 2. The zero-order chi connectivity index (χ0) is 22.1. The quantitative estimate of drug-likeness (QED) is 0.231. The Hall–Kier alpha value is -2.75. The Labute approximate surface area is 189 Å². The molecule has 1 aromatic carbocycles. The molecule has 3 aromatic heterocycles. The number of fused-ring (bicyclic) bond motifs is 1. The number of benzene rings is 1. The van der Waals surface area contributed by atoms with Gasteiger partial charge in [0.05, 0.1) is 28.6 Å². The summed E-state index contributed by atoms with van der Waals surface area (Å²) in [5.41, 5.74) is 0.628. The third-order valence-electron chi connectivity index (χ3n) is 4.60. The molecule has 31 heavy (non-hydrogen) atoms. The van der Waals surface area contributed by atoms with Gasteiger partial charge in [-0.3, -0.25) is 4.79 Å². The molecule has 0 radical (unpaired) electrons. The lowest BCUT2D eigenvalue weighted by molar-refractivity contribution is 0.0603. The van der Waals surface area contributed by atoms with Crippen molar-refractivity contribution in [3.8, 4) is 10.6 Å². The molecule has 6 nitrogen and oxygen atoms in total. The summed E-state index contributed by atoms with van der Waals surface area (Å²) in [6, 6.07) is 9.73. The molecule has 0 fully saturated rings. The standard InChI is InChI=1S/C21H15ClFN3O3S2/c1-26-18-17(11(20(28)29-2)9-15(24-18)16-7-4-8-30-16)19(27)25-21(26)31-10-12-13(22)5-3-6-14(12)23/h3-9H,10H2,1-2H3. The minimum atomic E-state index is -0.650. The molecule has 0 N–H and O–H groups in total. The number of esters is 1. The second-order valence-corrected chi connectivity index (χ2v) is 8.77. The van der Waals surface area contributed by atoms with Crippen molar-refractivity contribution >= 4 is 51.7 Å². The van der Waals surface area contributed by atoms with Gasteiger partial charge in [-0.1, -0.05) is 35.5 Å². The first-order chi connectivity index (χ1) is 14.9. The topological polar surface area (TPSA) is 74.1 Å². The fourth-order valence-corrected chi connectivity index (χ4v) is 5.04. The summed E-state index contributed by atoms with van der Waals surface area (Å²) in [7, 11) is 2.94. The van der Waals surface area contributed by atoms with Crippen molar-refractivity contribution in [1.82, 2.24) is 14.5 Å². The highest BCUT2D eigenvalue weighted by Gasteiger charge is 2.21. The molecule has 0 spiro atoms. The number of pyridine rings is 1. The van der Waals surface area contributed by atoms with Crippen molar-refractivity contribution in [2.24, 2.45) is 7.05 Å². The molecule has 10 heteroatoms. The largest absolute Gasteiger partial charge is 0.465 e. The molecule has 158 valence electrons. The molecule has 4 aromatic rings. The van der Waals surface area contributed by atoms with Crippen LogP contribution in [0.25, 0.3) is 21.6 Å². The van der Waals surface area contributed by atoms with Crippen molar-refractivity contribution < 1.29 is 13.9 Å². The van der Waals surface area contributed by atoms with E-state index in [0.29, 0.717) is 21.4 Å². The van der Waals surface area contributed by atoms with Crippen LogP contribution < -0.4 is 5.56 Å². The number of carbonyl (C=O) groups excluding carboxylic acids is 1. The van der Waals surface area contributed by atoms with Crippen LogP contribution in [-0.2, 0) is 17.5 Å². The normalized spacial score (nSPS) is 11.1. The van der Waals surface area contributed by atoms with Gasteiger partial charge in [-0.2, -0.15) is 4.98 Å². The van der Waals surface area contributed by atoms with Gasteiger partial charge < -0.3 is 9.30 Å². The van der Waals surface area contributed by atoms with Gasteiger partial charge in [0, 0.05) is 23.4 Å². The molecule has 0 amide bonds. The average Bonchev–Trinajstić information content (AvgIpc) is 3.30. The third kappa shape index (κ3) is 4.08. The number of hydrogen-bond donors (Lipinski definition) is 0. The molecule has 0 aliphatic carbocycles. The summed E-state index contributed by atoms with van der Waals surface area (Å²) in [5, 5.41) is 2.58. The van der Waals surface area contributed by atoms with Crippen molar-refractivity contribution in [3.63, 3.8) is 0 Å². The van der Waals surface area contributed by atoms with Gasteiger partial charge in [0.2, 0.25) is 0 Å². The van der Waals surface area contributed by atoms with E-state index < -0.39 is 17.3 Å². The van der Waals surface area contributed by atoms with Crippen LogP contribution in [0, 0.1) is 5.82 Å². The van der Waals surface area contributed by atoms with E-state index in [1.165, 1.54) is 36.6 Å². The summed E-state index contributed by atoms with van der Waals surface area (Å²) < 4.78 is 20.6. The van der Waals surface area contributed by atoms with Gasteiger partial charge in [-0.05, 0) is 29.6 Å².